The minimum Gasteiger partial charge on any atom is -0.326 e. The molecule has 2 N–H and O–H groups in total. The summed E-state index contributed by atoms with van der Waals surface area (Å²) in [6, 6.07) is 9.94. The van der Waals surface area contributed by atoms with Gasteiger partial charge in [-0.05, 0) is 29.8 Å². The molecule has 0 heterocycles. The van der Waals surface area contributed by atoms with Crippen molar-refractivity contribution in [3.63, 3.8) is 0 Å². The van der Waals surface area contributed by atoms with Crippen molar-refractivity contribution in [3.8, 4) is 11.1 Å². The number of halogens is 3. The largest absolute Gasteiger partial charge is 0.326 e. The second kappa shape index (κ2) is 5.05. The quantitative estimate of drug-likeness (QED) is 0.866. The third-order valence-electron chi connectivity index (χ3n) is 2.52. The lowest BCUT2D eigenvalue weighted by molar-refractivity contribution is 0.611. The van der Waals surface area contributed by atoms with Crippen molar-refractivity contribution in [2.24, 2.45) is 5.73 Å². The molecule has 0 atom stereocenters. The highest BCUT2D eigenvalue weighted by Crippen LogP contribution is 2.35. The molecule has 2 rings (SSSR count). The van der Waals surface area contributed by atoms with Crippen molar-refractivity contribution in [2.75, 3.05) is 0 Å². The van der Waals surface area contributed by atoms with E-state index < -0.39 is 0 Å². The molecule has 0 aliphatic heterocycles. The Morgan fingerprint density at radius 1 is 1.06 bits per heavy atom. The molecule has 2 aromatic rings. The van der Waals surface area contributed by atoms with Crippen LogP contribution in [0.2, 0.25) is 10.0 Å². The van der Waals surface area contributed by atoms with Gasteiger partial charge in [0.1, 0.15) is 5.82 Å². The highest BCUT2D eigenvalue weighted by Gasteiger charge is 2.10. The number of rotatable bonds is 2. The van der Waals surface area contributed by atoms with Crippen molar-refractivity contribution in [1.82, 2.24) is 0 Å². The fourth-order valence-corrected chi connectivity index (χ4v) is 2.28. The van der Waals surface area contributed by atoms with Crippen molar-refractivity contribution < 1.29 is 4.39 Å². The van der Waals surface area contributed by atoms with Crippen LogP contribution in [0.5, 0.6) is 0 Å². The molecule has 0 aliphatic carbocycles. The lowest BCUT2D eigenvalue weighted by Gasteiger charge is -2.09. The van der Waals surface area contributed by atoms with E-state index >= 15 is 0 Å². The standard InChI is InChI=1S/C13H10Cl2FN/c14-10-2-1-3-11(15)13(10)8-4-5-12(16)9(6-8)7-17/h1-6H,7,17H2. The molecule has 4 heteroatoms. The predicted octanol–water partition coefficient (Wildman–Crippen LogP) is 4.26. The van der Waals surface area contributed by atoms with Crippen LogP contribution >= 0.6 is 23.2 Å². The molecule has 88 valence electrons. The lowest BCUT2D eigenvalue weighted by Crippen LogP contribution is -2.00. The molecule has 0 fully saturated rings. The number of hydrogen-bond acceptors (Lipinski definition) is 1. The summed E-state index contributed by atoms with van der Waals surface area (Å²) < 4.78 is 13.3. The van der Waals surface area contributed by atoms with Gasteiger partial charge in [0.15, 0.2) is 0 Å². The molecule has 17 heavy (non-hydrogen) atoms. The zero-order valence-electron chi connectivity index (χ0n) is 8.88. The van der Waals surface area contributed by atoms with E-state index in [9.17, 15) is 4.39 Å². The Balaban J connectivity index is 2.61. The first kappa shape index (κ1) is 12.4. The van der Waals surface area contributed by atoms with E-state index in [4.69, 9.17) is 28.9 Å². The molecule has 2 aromatic carbocycles. The molecular formula is C13H10Cl2FN. The van der Waals surface area contributed by atoms with Gasteiger partial charge in [-0.1, -0.05) is 35.3 Å². The summed E-state index contributed by atoms with van der Waals surface area (Å²) in [5.74, 6) is -0.320. The van der Waals surface area contributed by atoms with Crippen LogP contribution in [0.1, 0.15) is 5.56 Å². The number of nitrogens with two attached hydrogens (primary N) is 1. The highest BCUT2D eigenvalue weighted by atomic mass is 35.5. The minimum absolute atomic E-state index is 0.141. The van der Waals surface area contributed by atoms with Crippen LogP contribution < -0.4 is 5.73 Å². The second-order valence-electron chi connectivity index (χ2n) is 3.61. The second-order valence-corrected chi connectivity index (χ2v) is 4.42. The molecule has 0 saturated carbocycles. The van der Waals surface area contributed by atoms with Gasteiger partial charge in [-0.3, -0.25) is 0 Å². The summed E-state index contributed by atoms with van der Waals surface area (Å²) in [6.45, 7) is 0.141. The third kappa shape index (κ3) is 2.44. The molecule has 0 aromatic heterocycles. The van der Waals surface area contributed by atoms with Gasteiger partial charge in [0.05, 0.1) is 0 Å². The van der Waals surface area contributed by atoms with Gasteiger partial charge in [0.25, 0.3) is 0 Å². The van der Waals surface area contributed by atoms with Crippen LogP contribution in [0.3, 0.4) is 0 Å². The van der Waals surface area contributed by atoms with Crippen LogP contribution in [0.25, 0.3) is 11.1 Å². The minimum atomic E-state index is -0.320. The molecule has 0 amide bonds. The normalized spacial score (nSPS) is 10.6. The summed E-state index contributed by atoms with van der Waals surface area (Å²) in [7, 11) is 0. The van der Waals surface area contributed by atoms with E-state index in [2.05, 4.69) is 0 Å². The Kier molecular flexibility index (Phi) is 3.67. The van der Waals surface area contributed by atoms with Gasteiger partial charge < -0.3 is 5.73 Å². The van der Waals surface area contributed by atoms with Crippen molar-refractivity contribution in [3.05, 3.63) is 57.8 Å². The van der Waals surface area contributed by atoms with Crippen molar-refractivity contribution in [1.29, 1.82) is 0 Å². The summed E-state index contributed by atoms with van der Waals surface area (Å²) in [5.41, 5.74) is 7.38. The molecule has 0 aliphatic rings. The van der Waals surface area contributed by atoms with Gasteiger partial charge in [0.2, 0.25) is 0 Å². The average Bonchev–Trinajstić information content (AvgIpc) is 2.31. The summed E-state index contributed by atoms with van der Waals surface area (Å²) in [5, 5.41) is 1.07. The molecule has 1 nitrogen and oxygen atoms in total. The molecule has 0 radical (unpaired) electrons. The fraction of sp³-hybridized carbons (Fsp3) is 0.0769. The van der Waals surface area contributed by atoms with Gasteiger partial charge in [-0.2, -0.15) is 0 Å². The van der Waals surface area contributed by atoms with Crippen molar-refractivity contribution >= 4 is 23.2 Å². The van der Waals surface area contributed by atoms with Crippen LogP contribution in [0, 0.1) is 5.82 Å². The Hall–Kier alpha value is -1.09. The van der Waals surface area contributed by atoms with Gasteiger partial charge in [0, 0.05) is 27.7 Å². The van der Waals surface area contributed by atoms with Gasteiger partial charge in [-0.25, -0.2) is 4.39 Å². The summed E-state index contributed by atoms with van der Waals surface area (Å²) >= 11 is 12.2. The maximum absolute atomic E-state index is 13.3. The Morgan fingerprint density at radius 2 is 1.71 bits per heavy atom. The topological polar surface area (TPSA) is 26.0 Å². The number of hydrogen-bond donors (Lipinski definition) is 1. The van der Waals surface area contributed by atoms with Gasteiger partial charge in [-0.15, -0.1) is 0 Å². The van der Waals surface area contributed by atoms with E-state index in [1.807, 2.05) is 0 Å². The molecule has 0 bridgehead atoms. The third-order valence-corrected chi connectivity index (χ3v) is 3.15. The van der Waals surface area contributed by atoms with E-state index in [0.29, 0.717) is 21.2 Å². The molecular weight excluding hydrogens is 260 g/mol. The highest BCUT2D eigenvalue weighted by molar-refractivity contribution is 6.39. The van der Waals surface area contributed by atoms with Crippen molar-refractivity contribution in [2.45, 2.75) is 6.54 Å². The summed E-state index contributed by atoms with van der Waals surface area (Å²) in [6.07, 6.45) is 0. The van der Waals surface area contributed by atoms with E-state index in [1.165, 1.54) is 6.07 Å². The first-order valence-electron chi connectivity index (χ1n) is 5.06. The fourth-order valence-electron chi connectivity index (χ4n) is 1.66. The lowest BCUT2D eigenvalue weighted by atomic mass is 10.0. The van der Waals surface area contributed by atoms with Crippen LogP contribution in [-0.4, -0.2) is 0 Å². The molecule has 0 spiro atoms. The van der Waals surface area contributed by atoms with E-state index in [-0.39, 0.29) is 12.4 Å². The Morgan fingerprint density at radius 3 is 2.29 bits per heavy atom. The molecule has 0 saturated heterocycles. The zero-order valence-corrected chi connectivity index (χ0v) is 10.4. The van der Waals surface area contributed by atoms with E-state index in [1.54, 1.807) is 30.3 Å². The average molecular weight is 270 g/mol. The Labute approximate surface area is 109 Å². The summed E-state index contributed by atoms with van der Waals surface area (Å²) in [4.78, 5) is 0. The Bertz CT molecular complexity index is 535. The SMILES string of the molecule is NCc1cc(-c2c(Cl)cccc2Cl)ccc1F. The smallest absolute Gasteiger partial charge is 0.127 e. The maximum atomic E-state index is 13.3. The zero-order chi connectivity index (χ0) is 12.4. The monoisotopic (exact) mass is 269 g/mol. The predicted molar refractivity (Wildman–Crippen MR) is 69.7 cm³/mol. The number of benzene rings is 2. The van der Waals surface area contributed by atoms with Crippen LogP contribution in [0.15, 0.2) is 36.4 Å². The van der Waals surface area contributed by atoms with E-state index in [0.717, 1.165) is 5.56 Å². The van der Waals surface area contributed by atoms with Gasteiger partial charge >= 0.3 is 0 Å². The maximum Gasteiger partial charge on any atom is 0.127 e. The van der Waals surface area contributed by atoms with Crippen LogP contribution in [-0.2, 0) is 6.54 Å². The first-order valence-corrected chi connectivity index (χ1v) is 5.82. The van der Waals surface area contributed by atoms with Crippen LogP contribution in [0.4, 0.5) is 4.39 Å². The first-order chi connectivity index (χ1) is 8.13. The molecule has 0 unspecified atom stereocenters.